The molecule has 0 radical (unpaired) electrons. The van der Waals surface area contributed by atoms with Crippen molar-refractivity contribution in [2.45, 2.75) is 0 Å². The van der Waals surface area contributed by atoms with E-state index in [0.717, 1.165) is 0 Å². The molecule has 0 spiro atoms. The molecule has 0 aliphatic carbocycles. The average Bonchev–Trinajstić information content (AvgIpc) is 2.55. The van der Waals surface area contributed by atoms with Crippen LogP contribution in [0.3, 0.4) is 0 Å². The van der Waals surface area contributed by atoms with Crippen molar-refractivity contribution in [3.05, 3.63) is 91.0 Å². The minimum atomic E-state index is -10.7. The van der Waals surface area contributed by atoms with E-state index in [1.165, 1.54) is 13.4 Å². The van der Waals surface area contributed by atoms with Crippen LogP contribution in [0.1, 0.15) is 0 Å². The topological polar surface area (TPSA) is 0 Å². The number of halogens is 6. The molecule has 0 bridgehead atoms. The van der Waals surface area contributed by atoms with Gasteiger partial charge in [0.15, 0.2) is 0 Å². The molecule has 0 saturated carbocycles. The van der Waals surface area contributed by atoms with E-state index >= 15 is 0 Å². The Morgan fingerprint density at radius 2 is 0.615 bits per heavy atom. The van der Waals surface area contributed by atoms with Gasteiger partial charge >= 0.3 is 151 Å². The molecule has 0 N–H and O–H groups in total. The van der Waals surface area contributed by atoms with Crippen molar-refractivity contribution in [2.24, 2.45) is 0 Å². The van der Waals surface area contributed by atoms with Gasteiger partial charge in [-0.1, -0.05) is 0 Å². The number of benzene rings is 3. The third-order valence-electron chi connectivity index (χ3n) is 2.94. The second-order valence-electron chi connectivity index (χ2n) is 5.20. The summed E-state index contributed by atoms with van der Waals surface area (Å²) < 4.78 is 63.6. The van der Waals surface area contributed by atoms with Crippen LogP contribution in [-0.2, 0) is 0 Å². The van der Waals surface area contributed by atoms with E-state index < -0.39 is 21.7 Å². The molecule has 0 saturated heterocycles. The van der Waals surface area contributed by atoms with Crippen molar-refractivity contribution in [1.82, 2.24) is 0 Å². The van der Waals surface area contributed by atoms with Crippen molar-refractivity contribution in [3.63, 3.8) is 0 Å². The first-order valence-corrected chi connectivity index (χ1v) is 12.0. The van der Waals surface area contributed by atoms with Crippen molar-refractivity contribution >= 4 is 35.1 Å². The maximum absolute atomic E-state index is 10.7. The zero-order valence-electron chi connectivity index (χ0n) is 13.3. The summed E-state index contributed by atoms with van der Waals surface area (Å²) in [4.78, 5) is 0. The molecule has 0 fully saturated rings. The molecule has 26 heavy (non-hydrogen) atoms. The quantitative estimate of drug-likeness (QED) is 0.275. The van der Waals surface area contributed by atoms with Gasteiger partial charge in [-0.05, 0) is 0 Å². The molecule has 0 atom stereocenters. The summed E-state index contributed by atoms with van der Waals surface area (Å²) in [6.07, 6.45) is 0. The Labute approximate surface area is 151 Å². The van der Waals surface area contributed by atoms with Crippen molar-refractivity contribution in [3.8, 4) is 0 Å². The molecule has 0 unspecified atom stereocenters. The first kappa shape index (κ1) is 20.5. The Hall–Kier alpha value is -1.81. The summed E-state index contributed by atoms with van der Waals surface area (Å²) >= 11 is -1.15. The van der Waals surface area contributed by atoms with Crippen molar-refractivity contribution < 1.29 is 25.2 Å². The first-order valence-electron chi connectivity index (χ1n) is 7.36. The van der Waals surface area contributed by atoms with Crippen LogP contribution in [0, 0.1) is 0 Å². The van der Waals surface area contributed by atoms with Crippen LogP contribution in [0.4, 0.5) is 25.2 Å². The van der Waals surface area contributed by atoms with Crippen LogP contribution >= 0.6 is 7.81 Å². The second-order valence-corrected chi connectivity index (χ2v) is 11.4. The fourth-order valence-electron chi connectivity index (χ4n) is 2.08. The van der Waals surface area contributed by atoms with Gasteiger partial charge in [0.2, 0.25) is 0 Å². The molecule has 3 aromatic rings. The average molecular weight is 455 g/mol. The molecule has 3 aromatic carbocycles. The summed E-state index contributed by atoms with van der Waals surface area (Å²) in [6.45, 7) is 0. The fourth-order valence-corrected chi connectivity index (χ4v) is 6.49. The molecule has 0 amide bonds. The first-order chi connectivity index (χ1) is 11.9. The van der Waals surface area contributed by atoms with E-state index in [1.54, 1.807) is 0 Å². The van der Waals surface area contributed by atoms with Gasteiger partial charge in [-0.25, -0.2) is 0 Å². The van der Waals surface area contributed by atoms with Gasteiger partial charge in [-0.2, -0.15) is 0 Å². The van der Waals surface area contributed by atoms with Crippen LogP contribution in [0.25, 0.3) is 0 Å². The SMILES string of the molecule is F[P-](F)(F)(F)(F)F.c1ccc([Se+](c2ccccc2)c2ccccc2)cc1. The second kappa shape index (κ2) is 7.07. The zero-order chi connectivity index (χ0) is 19.3. The number of hydrogen-bond acceptors (Lipinski definition) is 0. The van der Waals surface area contributed by atoms with Crippen LogP contribution in [-0.4, -0.2) is 13.9 Å². The van der Waals surface area contributed by atoms with Gasteiger partial charge in [0.1, 0.15) is 0 Å². The zero-order valence-corrected chi connectivity index (χ0v) is 15.9. The summed E-state index contributed by atoms with van der Waals surface area (Å²) in [6, 6.07) is 32.6. The molecule has 3 rings (SSSR count). The van der Waals surface area contributed by atoms with E-state index in [-0.39, 0.29) is 0 Å². The normalized spacial score (nSPS) is 14.0. The molecule has 0 heterocycles. The van der Waals surface area contributed by atoms with Crippen LogP contribution in [0.15, 0.2) is 91.0 Å². The molecule has 0 nitrogen and oxygen atoms in total. The maximum atomic E-state index is 9.87. The summed E-state index contributed by atoms with van der Waals surface area (Å²) in [5.41, 5.74) is 0. The predicted molar refractivity (Wildman–Crippen MR) is 97.6 cm³/mol. The molecule has 0 aromatic heterocycles. The molecular formula is C18H15F6PSe. The Morgan fingerprint density at radius 1 is 0.423 bits per heavy atom. The Bertz CT molecular complexity index is 716. The monoisotopic (exact) mass is 456 g/mol. The molecule has 140 valence electrons. The minimum absolute atomic E-state index is 1.15. The molecular weight excluding hydrogens is 440 g/mol. The van der Waals surface area contributed by atoms with E-state index in [2.05, 4.69) is 91.0 Å². The van der Waals surface area contributed by atoms with Gasteiger partial charge in [-0.15, -0.1) is 0 Å². The Morgan fingerprint density at radius 3 is 0.808 bits per heavy atom. The third kappa shape index (κ3) is 8.52. The summed E-state index contributed by atoms with van der Waals surface area (Å²) in [7, 11) is -10.7. The van der Waals surface area contributed by atoms with E-state index in [4.69, 9.17) is 0 Å². The predicted octanol–water partition coefficient (Wildman–Crippen LogP) is 5.59. The van der Waals surface area contributed by atoms with Gasteiger partial charge in [0, 0.05) is 0 Å². The van der Waals surface area contributed by atoms with Crippen molar-refractivity contribution in [2.75, 3.05) is 0 Å². The van der Waals surface area contributed by atoms with Crippen molar-refractivity contribution in [1.29, 1.82) is 0 Å². The van der Waals surface area contributed by atoms with E-state index in [9.17, 15) is 25.2 Å². The third-order valence-corrected chi connectivity index (χ3v) is 7.62. The molecule has 0 aliphatic rings. The van der Waals surface area contributed by atoms with E-state index in [0.29, 0.717) is 0 Å². The molecule has 8 heteroatoms. The fraction of sp³-hybridized carbons (Fsp3) is 0. The Balaban J connectivity index is 0.000000298. The van der Waals surface area contributed by atoms with Crippen LogP contribution in [0.5, 0.6) is 0 Å². The summed E-state index contributed by atoms with van der Waals surface area (Å²) in [5.74, 6) is 0. The number of hydrogen-bond donors (Lipinski definition) is 0. The van der Waals surface area contributed by atoms with E-state index in [1.807, 2.05) is 0 Å². The van der Waals surface area contributed by atoms with Crippen LogP contribution in [0.2, 0.25) is 0 Å². The summed E-state index contributed by atoms with van der Waals surface area (Å²) in [5, 5.41) is 0. The standard InChI is InChI=1S/C18H15Se.F6P/c1-4-10-16(11-5-1)19(17-12-6-2-7-13-17)18-14-8-3-9-15-18;1-7(2,3,4,5)6/h1-15H;/q+1;-1. The Kier molecular flexibility index (Phi) is 5.57. The van der Waals surface area contributed by atoms with Crippen LogP contribution < -0.4 is 13.4 Å². The number of rotatable bonds is 3. The van der Waals surface area contributed by atoms with Gasteiger partial charge in [-0.3, -0.25) is 0 Å². The van der Waals surface area contributed by atoms with Gasteiger partial charge < -0.3 is 0 Å². The molecule has 0 aliphatic heterocycles. The van der Waals surface area contributed by atoms with Gasteiger partial charge in [0.25, 0.3) is 0 Å². The van der Waals surface area contributed by atoms with Gasteiger partial charge in [0.05, 0.1) is 0 Å².